The smallest absolute Gasteiger partial charge is 0.271 e. The van der Waals surface area contributed by atoms with E-state index >= 15 is 0 Å². The van der Waals surface area contributed by atoms with Crippen LogP contribution in [0.25, 0.3) is 5.65 Å². The summed E-state index contributed by atoms with van der Waals surface area (Å²) < 4.78 is 1.59. The van der Waals surface area contributed by atoms with Gasteiger partial charge in [0.15, 0.2) is 11.3 Å². The second kappa shape index (κ2) is 6.43. The third kappa shape index (κ3) is 3.13. The molecule has 2 N–H and O–H groups in total. The minimum Gasteiger partial charge on any atom is -0.508 e. The highest BCUT2D eigenvalue weighted by atomic mass is 16.3. The lowest BCUT2D eigenvalue weighted by atomic mass is 10.2. The Morgan fingerprint density at radius 2 is 2.04 bits per heavy atom. The van der Waals surface area contributed by atoms with Crippen LogP contribution in [0, 0.1) is 0 Å². The number of hydrogen-bond acceptors (Lipinski definition) is 5. The van der Waals surface area contributed by atoms with Gasteiger partial charge >= 0.3 is 0 Å². The molecule has 0 atom stereocenters. The zero-order chi connectivity index (χ0) is 17.2. The predicted molar refractivity (Wildman–Crippen MR) is 93.7 cm³/mol. The third-order valence-electron chi connectivity index (χ3n) is 4.37. The molecule has 1 saturated heterocycles. The first kappa shape index (κ1) is 15.4. The van der Waals surface area contributed by atoms with Crippen molar-refractivity contribution in [2.75, 3.05) is 18.0 Å². The minimum absolute atomic E-state index is 0.179. The van der Waals surface area contributed by atoms with Crippen LogP contribution in [-0.4, -0.2) is 38.7 Å². The number of amides is 1. The molecule has 0 spiro atoms. The number of nitrogens with zero attached hydrogens (tertiary/aromatic N) is 4. The lowest BCUT2D eigenvalue weighted by molar-refractivity contribution is 0.0944. The Hall–Kier alpha value is -3.09. The molecule has 0 saturated carbocycles. The Bertz CT molecular complexity index is 915. The molecule has 1 fully saturated rings. The van der Waals surface area contributed by atoms with Crippen molar-refractivity contribution in [2.24, 2.45) is 0 Å². The summed E-state index contributed by atoms with van der Waals surface area (Å²) in [7, 11) is 0. The molecular formula is C18H19N5O2. The highest BCUT2D eigenvalue weighted by Crippen LogP contribution is 2.18. The molecule has 0 radical (unpaired) electrons. The average Bonchev–Trinajstić information content (AvgIpc) is 3.29. The van der Waals surface area contributed by atoms with Gasteiger partial charge in [-0.3, -0.25) is 4.79 Å². The van der Waals surface area contributed by atoms with Crippen molar-refractivity contribution in [3.05, 3.63) is 53.9 Å². The molecule has 1 aliphatic heterocycles. The summed E-state index contributed by atoms with van der Waals surface area (Å²) in [5, 5.41) is 16.9. The largest absolute Gasteiger partial charge is 0.508 e. The van der Waals surface area contributed by atoms with Crippen LogP contribution in [0.1, 0.15) is 28.9 Å². The predicted octanol–water partition coefficient (Wildman–Crippen LogP) is 1.97. The normalized spacial score (nSPS) is 14.2. The zero-order valence-corrected chi connectivity index (χ0v) is 13.7. The lowest BCUT2D eigenvalue weighted by Gasteiger charge is -2.16. The van der Waals surface area contributed by atoms with Crippen molar-refractivity contribution in [1.82, 2.24) is 19.9 Å². The molecule has 1 amide bonds. The number of carbonyl (C=O) groups is 1. The van der Waals surface area contributed by atoms with E-state index in [-0.39, 0.29) is 11.7 Å². The molecule has 2 aromatic heterocycles. The van der Waals surface area contributed by atoms with Crippen molar-refractivity contribution in [3.8, 4) is 5.75 Å². The lowest BCUT2D eigenvalue weighted by Crippen LogP contribution is -2.25. The van der Waals surface area contributed by atoms with Crippen LogP contribution in [0.4, 0.5) is 5.82 Å². The SMILES string of the molecule is O=C(NCc1cccc(O)c1)c1cnc2ccc(N3CCCC3)nn12. The molecule has 1 aliphatic rings. The maximum Gasteiger partial charge on any atom is 0.271 e. The zero-order valence-electron chi connectivity index (χ0n) is 13.7. The van der Waals surface area contributed by atoms with Gasteiger partial charge in [0, 0.05) is 19.6 Å². The summed E-state index contributed by atoms with van der Waals surface area (Å²) in [4.78, 5) is 19.0. The number of aromatic nitrogens is 3. The molecule has 7 heteroatoms. The summed E-state index contributed by atoms with van der Waals surface area (Å²) >= 11 is 0. The van der Waals surface area contributed by atoms with E-state index in [1.807, 2.05) is 18.2 Å². The number of nitrogens with one attached hydrogen (secondary N) is 1. The number of imidazole rings is 1. The third-order valence-corrected chi connectivity index (χ3v) is 4.37. The quantitative estimate of drug-likeness (QED) is 0.760. The molecule has 3 aromatic rings. The topological polar surface area (TPSA) is 82.8 Å². The highest BCUT2D eigenvalue weighted by Gasteiger charge is 2.17. The van der Waals surface area contributed by atoms with Crippen molar-refractivity contribution >= 4 is 17.4 Å². The monoisotopic (exact) mass is 337 g/mol. The molecular weight excluding hydrogens is 318 g/mol. The number of hydrogen-bond donors (Lipinski definition) is 2. The number of benzene rings is 1. The summed E-state index contributed by atoms with van der Waals surface area (Å²) in [5.74, 6) is 0.797. The van der Waals surface area contributed by atoms with Crippen LogP contribution in [0.3, 0.4) is 0 Å². The van der Waals surface area contributed by atoms with E-state index in [0.717, 1.165) is 24.5 Å². The van der Waals surface area contributed by atoms with Crippen LogP contribution < -0.4 is 10.2 Å². The van der Waals surface area contributed by atoms with Crippen LogP contribution in [0.2, 0.25) is 0 Å². The second-order valence-electron chi connectivity index (χ2n) is 6.15. The van der Waals surface area contributed by atoms with Gasteiger partial charge in [0.05, 0.1) is 6.20 Å². The summed E-state index contributed by atoms with van der Waals surface area (Å²) in [5.41, 5.74) is 1.87. The van der Waals surface area contributed by atoms with E-state index in [2.05, 4.69) is 20.3 Å². The van der Waals surface area contributed by atoms with Gasteiger partial charge in [0.1, 0.15) is 11.6 Å². The standard InChI is InChI=1S/C18H19N5O2/c24-14-5-3-4-13(10-14)11-20-18(25)15-12-19-16-6-7-17(21-23(15)16)22-8-1-2-9-22/h3-7,10,12,24H,1-2,8-9,11H2,(H,20,25). The number of fused-ring (bicyclic) bond motifs is 1. The second-order valence-corrected chi connectivity index (χ2v) is 6.15. The maximum atomic E-state index is 12.5. The Morgan fingerprint density at radius 3 is 2.84 bits per heavy atom. The van der Waals surface area contributed by atoms with Gasteiger partial charge in [0.25, 0.3) is 5.91 Å². The first-order valence-electron chi connectivity index (χ1n) is 8.36. The number of phenols is 1. The van der Waals surface area contributed by atoms with Gasteiger partial charge in [-0.15, -0.1) is 5.10 Å². The average molecular weight is 337 g/mol. The number of phenolic OH excluding ortho intramolecular Hbond substituents is 1. The van der Waals surface area contributed by atoms with Crippen LogP contribution in [-0.2, 0) is 6.54 Å². The number of aromatic hydroxyl groups is 1. The van der Waals surface area contributed by atoms with E-state index in [0.29, 0.717) is 17.9 Å². The molecule has 128 valence electrons. The van der Waals surface area contributed by atoms with Crippen molar-refractivity contribution < 1.29 is 9.90 Å². The van der Waals surface area contributed by atoms with E-state index in [4.69, 9.17) is 0 Å². The van der Waals surface area contributed by atoms with E-state index in [9.17, 15) is 9.90 Å². The first-order chi connectivity index (χ1) is 12.2. The van der Waals surface area contributed by atoms with Gasteiger partial charge < -0.3 is 15.3 Å². The van der Waals surface area contributed by atoms with E-state index in [1.54, 1.807) is 22.7 Å². The summed E-state index contributed by atoms with van der Waals surface area (Å²) in [6.45, 7) is 2.31. The molecule has 25 heavy (non-hydrogen) atoms. The van der Waals surface area contributed by atoms with Crippen LogP contribution in [0.15, 0.2) is 42.6 Å². The van der Waals surface area contributed by atoms with Gasteiger partial charge in [-0.2, -0.15) is 0 Å². The van der Waals surface area contributed by atoms with Crippen LogP contribution in [0.5, 0.6) is 5.75 Å². The molecule has 3 heterocycles. The Kier molecular flexibility index (Phi) is 3.97. The summed E-state index contributed by atoms with van der Waals surface area (Å²) in [6.07, 6.45) is 3.87. The highest BCUT2D eigenvalue weighted by molar-refractivity contribution is 5.93. The molecule has 0 unspecified atom stereocenters. The van der Waals surface area contributed by atoms with Crippen molar-refractivity contribution in [3.63, 3.8) is 0 Å². The molecule has 1 aromatic carbocycles. The number of carbonyl (C=O) groups excluding carboxylic acids is 1. The fourth-order valence-corrected chi connectivity index (χ4v) is 3.07. The van der Waals surface area contributed by atoms with E-state index < -0.39 is 0 Å². The minimum atomic E-state index is -0.248. The Morgan fingerprint density at radius 1 is 1.20 bits per heavy atom. The Labute approximate surface area is 144 Å². The van der Waals surface area contributed by atoms with Crippen LogP contribution >= 0.6 is 0 Å². The van der Waals surface area contributed by atoms with Crippen molar-refractivity contribution in [1.29, 1.82) is 0 Å². The summed E-state index contributed by atoms with van der Waals surface area (Å²) in [6, 6.07) is 10.6. The van der Waals surface area contributed by atoms with Gasteiger partial charge in [-0.1, -0.05) is 12.1 Å². The Balaban J connectivity index is 1.55. The number of rotatable bonds is 4. The van der Waals surface area contributed by atoms with Crippen molar-refractivity contribution in [2.45, 2.75) is 19.4 Å². The fraction of sp³-hybridized carbons (Fsp3) is 0.278. The van der Waals surface area contributed by atoms with Gasteiger partial charge in [-0.05, 0) is 42.7 Å². The van der Waals surface area contributed by atoms with E-state index in [1.165, 1.54) is 19.0 Å². The molecule has 4 rings (SSSR count). The van der Waals surface area contributed by atoms with Gasteiger partial charge in [0.2, 0.25) is 0 Å². The molecule has 0 aliphatic carbocycles. The maximum absolute atomic E-state index is 12.5. The fourth-order valence-electron chi connectivity index (χ4n) is 3.07. The van der Waals surface area contributed by atoms with Gasteiger partial charge in [-0.25, -0.2) is 9.50 Å². The first-order valence-corrected chi connectivity index (χ1v) is 8.36. The number of anilines is 1. The molecule has 7 nitrogen and oxygen atoms in total. The molecule has 0 bridgehead atoms.